The smallest absolute Gasteiger partial charge is 0.234 e. The number of thioether (sulfide) groups is 1. The van der Waals surface area contributed by atoms with Gasteiger partial charge < -0.3 is 20.5 Å². The first-order valence-electron chi connectivity index (χ1n) is 9.49. The first-order chi connectivity index (χ1) is 14.9. The number of nitrogens with zero attached hydrogens (tertiary/aromatic N) is 1. The molecule has 0 saturated carbocycles. The number of aromatic hydroxyl groups is 1. The van der Waals surface area contributed by atoms with Crippen LogP contribution in [-0.4, -0.2) is 29.3 Å². The molecule has 1 heterocycles. The predicted molar refractivity (Wildman–Crippen MR) is 115 cm³/mol. The van der Waals surface area contributed by atoms with E-state index in [9.17, 15) is 24.3 Å². The number of nitriles is 1. The molecule has 0 fully saturated rings. The molecule has 1 aliphatic heterocycles. The molecule has 3 rings (SSSR count). The van der Waals surface area contributed by atoms with Crippen LogP contribution in [0.2, 0.25) is 0 Å². The van der Waals surface area contributed by atoms with Crippen LogP contribution in [0.25, 0.3) is 0 Å². The van der Waals surface area contributed by atoms with Crippen LogP contribution in [0.1, 0.15) is 24.8 Å². The first kappa shape index (κ1) is 22.2. The summed E-state index contributed by atoms with van der Waals surface area (Å²) in [5.41, 5.74) is 1.42. The molecule has 0 aliphatic carbocycles. The number of phenolic OH excluding ortho intramolecular Hbond substituents is 1. The van der Waals surface area contributed by atoms with E-state index >= 15 is 0 Å². The molecular weight excluding hydrogens is 421 g/mol. The minimum atomic E-state index is -0.527. The zero-order valence-corrected chi connectivity index (χ0v) is 17.5. The zero-order valence-electron chi connectivity index (χ0n) is 16.6. The van der Waals surface area contributed by atoms with Gasteiger partial charge in [0.1, 0.15) is 5.82 Å². The Kier molecular flexibility index (Phi) is 7.15. The minimum Gasteiger partial charge on any atom is -0.504 e. The number of allylic oxidation sites excluding steroid dienone is 1. The Morgan fingerprint density at radius 1 is 1.35 bits per heavy atom. The average Bonchev–Trinajstić information content (AvgIpc) is 2.75. The van der Waals surface area contributed by atoms with Crippen LogP contribution in [-0.2, 0) is 9.59 Å². The quantitative estimate of drug-likeness (QED) is 0.605. The summed E-state index contributed by atoms with van der Waals surface area (Å²) >= 11 is 1.04. The minimum absolute atomic E-state index is 0.0274. The fourth-order valence-corrected chi connectivity index (χ4v) is 3.98. The third-order valence-corrected chi connectivity index (χ3v) is 5.53. The van der Waals surface area contributed by atoms with Crippen molar-refractivity contribution in [2.75, 3.05) is 17.7 Å². The van der Waals surface area contributed by atoms with Crippen molar-refractivity contribution in [3.63, 3.8) is 0 Å². The third kappa shape index (κ3) is 5.55. The molecule has 0 saturated heterocycles. The molecule has 31 heavy (non-hydrogen) atoms. The van der Waals surface area contributed by atoms with Crippen LogP contribution >= 0.6 is 11.8 Å². The first-order valence-corrected chi connectivity index (χ1v) is 10.5. The van der Waals surface area contributed by atoms with Gasteiger partial charge >= 0.3 is 0 Å². The summed E-state index contributed by atoms with van der Waals surface area (Å²) < 4.78 is 18.4. The van der Waals surface area contributed by atoms with Gasteiger partial charge in [-0.2, -0.15) is 5.26 Å². The normalized spacial score (nSPS) is 15.8. The van der Waals surface area contributed by atoms with Gasteiger partial charge in [0.15, 0.2) is 11.5 Å². The lowest BCUT2D eigenvalue weighted by Gasteiger charge is -2.25. The summed E-state index contributed by atoms with van der Waals surface area (Å²) in [7, 11) is 0. The highest BCUT2D eigenvalue weighted by atomic mass is 32.2. The number of nitrogens with one attached hydrogen (secondary N) is 2. The van der Waals surface area contributed by atoms with Crippen molar-refractivity contribution in [1.29, 1.82) is 5.26 Å². The Hall–Kier alpha value is -3.51. The lowest BCUT2D eigenvalue weighted by molar-refractivity contribution is -0.121. The maximum atomic E-state index is 13.0. The highest BCUT2D eigenvalue weighted by molar-refractivity contribution is 8.03. The van der Waals surface area contributed by atoms with Crippen LogP contribution in [0.15, 0.2) is 53.1 Å². The van der Waals surface area contributed by atoms with Crippen LogP contribution < -0.4 is 15.4 Å². The van der Waals surface area contributed by atoms with Crippen LogP contribution in [0.4, 0.5) is 10.1 Å². The molecule has 1 atom stereocenters. The van der Waals surface area contributed by atoms with Gasteiger partial charge in [0.05, 0.1) is 29.0 Å². The molecular formula is C22H20FN3O4S. The molecule has 7 nitrogen and oxygen atoms in total. The molecule has 0 radical (unpaired) electrons. The van der Waals surface area contributed by atoms with Crippen LogP contribution in [0.5, 0.6) is 11.5 Å². The molecule has 1 unspecified atom stereocenters. The molecule has 160 valence electrons. The summed E-state index contributed by atoms with van der Waals surface area (Å²) in [6, 6.07) is 12.2. The van der Waals surface area contributed by atoms with E-state index < -0.39 is 11.7 Å². The van der Waals surface area contributed by atoms with Crippen molar-refractivity contribution < 1.29 is 23.8 Å². The number of phenols is 1. The standard InChI is InChI=1S/C22H20FN3O4S/c1-2-30-19-9-13(3-8-18(19)27)16-10-20(28)26-22(17(16)11-24)31-12-21(29)25-15-6-4-14(23)5-7-15/h3-9,16,27H,2,10,12H2,1H3,(H,25,29)(H,26,28). The molecule has 2 amide bonds. The number of ether oxygens (including phenoxy) is 1. The van der Waals surface area contributed by atoms with E-state index in [2.05, 4.69) is 16.7 Å². The molecule has 0 aromatic heterocycles. The van der Waals surface area contributed by atoms with Crippen molar-refractivity contribution in [2.24, 2.45) is 0 Å². The van der Waals surface area contributed by atoms with Gasteiger partial charge in [0, 0.05) is 18.0 Å². The number of rotatable bonds is 7. The molecule has 0 bridgehead atoms. The van der Waals surface area contributed by atoms with Gasteiger partial charge in [0.25, 0.3) is 0 Å². The van der Waals surface area contributed by atoms with Crippen molar-refractivity contribution in [3.05, 3.63) is 64.4 Å². The van der Waals surface area contributed by atoms with Gasteiger partial charge in [-0.25, -0.2) is 4.39 Å². The number of halogens is 1. The largest absolute Gasteiger partial charge is 0.504 e. The van der Waals surface area contributed by atoms with E-state index in [0.717, 1.165) is 11.8 Å². The highest BCUT2D eigenvalue weighted by Crippen LogP contribution is 2.39. The fraction of sp³-hybridized carbons (Fsp3) is 0.227. The second-order valence-electron chi connectivity index (χ2n) is 6.66. The lowest BCUT2D eigenvalue weighted by atomic mass is 9.87. The van der Waals surface area contributed by atoms with Gasteiger partial charge in [-0.3, -0.25) is 9.59 Å². The number of hydrogen-bond donors (Lipinski definition) is 3. The van der Waals surface area contributed by atoms with E-state index in [1.807, 2.05) is 0 Å². The summed E-state index contributed by atoms with van der Waals surface area (Å²) in [5, 5.41) is 25.3. The van der Waals surface area contributed by atoms with Crippen molar-refractivity contribution in [1.82, 2.24) is 5.32 Å². The fourth-order valence-electron chi connectivity index (χ4n) is 3.10. The van der Waals surface area contributed by atoms with E-state index in [1.54, 1.807) is 19.1 Å². The molecule has 1 aliphatic rings. The van der Waals surface area contributed by atoms with Gasteiger partial charge in [-0.1, -0.05) is 17.8 Å². The number of carbonyl (C=O) groups excluding carboxylic acids is 2. The maximum absolute atomic E-state index is 13.0. The number of hydrogen-bond acceptors (Lipinski definition) is 6. The van der Waals surface area contributed by atoms with E-state index in [1.165, 1.54) is 30.3 Å². The topological polar surface area (TPSA) is 111 Å². The highest BCUT2D eigenvalue weighted by Gasteiger charge is 2.30. The predicted octanol–water partition coefficient (Wildman–Crippen LogP) is 3.64. The van der Waals surface area contributed by atoms with Crippen LogP contribution in [0.3, 0.4) is 0 Å². The molecule has 2 aromatic rings. The van der Waals surface area contributed by atoms with Gasteiger partial charge in [-0.15, -0.1) is 0 Å². The zero-order chi connectivity index (χ0) is 22.4. The Labute approximate surface area is 182 Å². The second-order valence-corrected chi connectivity index (χ2v) is 7.65. The van der Waals surface area contributed by atoms with Gasteiger partial charge in [0.2, 0.25) is 11.8 Å². The molecule has 9 heteroatoms. The average molecular weight is 441 g/mol. The van der Waals surface area contributed by atoms with Crippen molar-refractivity contribution >= 4 is 29.3 Å². The molecule has 3 N–H and O–H groups in total. The van der Waals surface area contributed by atoms with Crippen molar-refractivity contribution in [3.8, 4) is 17.6 Å². The molecule has 2 aromatic carbocycles. The number of anilines is 1. The summed E-state index contributed by atoms with van der Waals surface area (Å²) in [5.74, 6) is -1.38. The van der Waals surface area contributed by atoms with E-state index in [0.29, 0.717) is 28.5 Å². The monoisotopic (exact) mass is 441 g/mol. The third-order valence-electron chi connectivity index (χ3n) is 4.52. The molecule has 0 spiro atoms. The maximum Gasteiger partial charge on any atom is 0.234 e. The second kappa shape index (κ2) is 10.00. The lowest BCUT2D eigenvalue weighted by Crippen LogP contribution is -2.31. The van der Waals surface area contributed by atoms with Crippen molar-refractivity contribution in [2.45, 2.75) is 19.3 Å². The Balaban J connectivity index is 1.78. The Morgan fingerprint density at radius 2 is 2.10 bits per heavy atom. The Morgan fingerprint density at radius 3 is 2.77 bits per heavy atom. The summed E-state index contributed by atoms with van der Waals surface area (Å²) in [4.78, 5) is 24.5. The number of amides is 2. The van der Waals surface area contributed by atoms with Crippen LogP contribution in [0, 0.1) is 17.1 Å². The SMILES string of the molecule is CCOc1cc(C2CC(=O)NC(SCC(=O)Nc3ccc(F)cc3)=C2C#N)ccc1O. The Bertz CT molecular complexity index is 1060. The number of carbonyl (C=O) groups is 2. The number of benzene rings is 2. The van der Waals surface area contributed by atoms with E-state index in [-0.39, 0.29) is 35.5 Å². The van der Waals surface area contributed by atoms with Gasteiger partial charge in [-0.05, 0) is 48.9 Å². The van der Waals surface area contributed by atoms with E-state index in [4.69, 9.17) is 4.74 Å². The summed E-state index contributed by atoms with van der Waals surface area (Å²) in [6.07, 6.45) is 0.0606. The summed E-state index contributed by atoms with van der Waals surface area (Å²) in [6.45, 7) is 2.14.